The van der Waals surface area contributed by atoms with Gasteiger partial charge in [0.05, 0.1) is 5.25 Å². The molecule has 1 atom stereocenters. The van der Waals surface area contributed by atoms with Gasteiger partial charge in [-0.05, 0) is 31.5 Å². The van der Waals surface area contributed by atoms with Gasteiger partial charge in [-0.15, -0.1) is 0 Å². The molecule has 0 saturated carbocycles. The Morgan fingerprint density at radius 3 is 2.48 bits per heavy atom. The van der Waals surface area contributed by atoms with E-state index in [9.17, 15) is 14.9 Å². The number of carbonyl (C=O) groups excluding carboxylic acids is 2. The van der Waals surface area contributed by atoms with Gasteiger partial charge in [0, 0.05) is 12.2 Å². The number of nitrogens with one attached hydrogen (secondary N) is 1. The molecule has 0 radical (unpaired) electrons. The molecule has 0 spiro atoms. The molecule has 1 fully saturated rings. The Hall–Kier alpha value is -3.04. The third-order valence-electron chi connectivity index (χ3n) is 4.20. The van der Waals surface area contributed by atoms with E-state index >= 15 is 0 Å². The first-order valence-electron chi connectivity index (χ1n) is 8.55. The summed E-state index contributed by atoms with van der Waals surface area (Å²) in [5, 5.41) is 12.4. The molecule has 2 aromatic rings. The van der Waals surface area contributed by atoms with Crippen LogP contribution in [0, 0.1) is 18.3 Å². The third kappa shape index (κ3) is 4.04. The highest BCUT2D eigenvalue weighted by atomic mass is 32.2. The van der Waals surface area contributed by atoms with Gasteiger partial charge in [0.2, 0.25) is 5.91 Å². The fourth-order valence-corrected chi connectivity index (χ4v) is 3.82. The van der Waals surface area contributed by atoms with Gasteiger partial charge in [-0.2, -0.15) is 5.26 Å². The van der Waals surface area contributed by atoms with Gasteiger partial charge in [-0.1, -0.05) is 59.8 Å². The minimum absolute atomic E-state index is 0.0470. The Bertz CT molecular complexity index is 930. The highest BCUT2D eigenvalue weighted by molar-refractivity contribution is 8.05. The first-order chi connectivity index (χ1) is 13.0. The summed E-state index contributed by atoms with van der Waals surface area (Å²) in [6, 6.07) is 18.9. The molecule has 1 aliphatic rings. The number of amides is 2. The number of hydrogen-bond donors (Lipinski definition) is 1. The summed E-state index contributed by atoms with van der Waals surface area (Å²) in [5.41, 5.74) is 2.61. The van der Waals surface area contributed by atoms with Crippen LogP contribution in [-0.2, 0) is 16.1 Å². The van der Waals surface area contributed by atoms with Gasteiger partial charge in [0.25, 0.3) is 5.91 Å². The van der Waals surface area contributed by atoms with Crippen molar-refractivity contribution in [2.45, 2.75) is 25.6 Å². The smallest absolute Gasteiger partial charge is 0.264 e. The molecule has 5 nitrogen and oxygen atoms in total. The highest BCUT2D eigenvalue weighted by Gasteiger charge is 2.38. The predicted octanol–water partition coefficient (Wildman–Crippen LogP) is 3.51. The van der Waals surface area contributed by atoms with Crippen molar-refractivity contribution >= 4 is 29.3 Å². The predicted molar refractivity (Wildman–Crippen MR) is 107 cm³/mol. The zero-order chi connectivity index (χ0) is 19.4. The lowest BCUT2D eigenvalue weighted by Gasteiger charge is -2.18. The summed E-state index contributed by atoms with van der Waals surface area (Å²) < 4.78 is 0. The quantitative estimate of drug-likeness (QED) is 0.654. The lowest BCUT2D eigenvalue weighted by molar-refractivity contribution is -0.117. The molecule has 0 unspecified atom stereocenters. The summed E-state index contributed by atoms with van der Waals surface area (Å²) in [7, 11) is 0. The lowest BCUT2D eigenvalue weighted by atomic mass is 10.2. The number of anilines is 1. The van der Waals surface area contributed by atoms with Crippen molar-refractivity contribution in [3.63, 3.8) is 0 Å². The number of benzene rings is 2. The summed E-state index contributed by atoms with van der Waals surface area (Å²) in [5.74, 6) is -0.620. The van der Waals surface area contributed by atoms with Gasteiger partial charge in [-0.3, -0.25) is 14.5 Å². The average molecular weight is 377 g/mol. The van der Waals surface area contributed by atoms with Crippen molar-refractivity contribution in [2.24, 2.45) is 0 Å². The summed E-state index contributed by atoms with van der Waals surface area (Å²) in [6.07, 6.45) is 0. The largest absolute Gasteiger partial charge is 0.347 e. The van der Waals surface area contributed by atoms with Crippen LogP contribution in [0.15, 0.2) is 65.2 Å². The Morgan fingerprint density at radius 1 is 1.19 bits per heavy atom. The van der Waals surface area contributed by atoms with Crippen LogP contribution in [0.2, 0.25) is 0 Å². The van der Waals surface area contributed by atoms with Crippen LogP contribution < -0.4 is 10.2 Å². The SMILES string of the molecule is Cc1ccc(N2C(=O)[C@@H](C)S/C2=C(/C#N)C(=O)NCc2ccccc2)cc1. The molecule has 6 heteroatoms. The topological polar surface area (TPSA) is 73.2 Å². The second-order valence-electron chi connectivity index (χ2n) is 6.23. The van der Waals surface area contributed by atoms with Crippen molar-refractivity contribution in [3.05, 3.63) is 76.3 Å². The molecule has 0 bridgehead atoms. The fourth-order valence-electron chi connectivity index (χ4n) is 2.72. The Balaban J connectivity index is 1.91. The van der Waals surface area contributed by atoms with E-state index in [1.165, 1.54) is 16.7 Å². The van der Waals surface area contributed by atoms with Crippen molar-refractivity contribution < 1.29 is 9.59 Å². The van der Waals surface area contributed by atoms with Crippen molar-refractivity contribution in [3.8, 4) is 6.07 Å². The Morgan fingerprint density at radius 2 is 1.85 bits per heavy atom. The molecule has 3 rings (SSSR count). The minimum Gasteiger partial charge on any atom is -0.347 e. The maximum Gasteiger partial charge on any atom is 0.264 e. The van der Waals surface area contributed by atoms with Crippen LogP contribution in [0.1, 0.15) is 18.1 Å². The van der Waals surface area contributed by atoms with E-state index in [4.69, 9.17) is 0 Å². The number of thioether (sulfide) groups is 1. The number of rotatable bonds is 4. The van der Waals surface area contributed by atoms with Crippen LogP contribution in [0.3, 0.4) is 0 Å². The first kappa shape index (κ1) is 18.7. The van der Waals surface area contributed by atoms with E-state index in [-0.39, 0.29) is 16.7 Å². The van der Waals surface area contributed by atoms with Crippen LogP contribution in [0.4, 0.5) is 5.69 Å². The van der Waals surface area contributed by atoms with Crippen molar-refractivity contribution in [1.29, 1.82) is 5.26 Å². The molecule has 1 aliphatic heterocycles. The van der Waals surface area contributed by atoms with E-state index in [0.717, 1.165) is 11.1 Å². The molecule has 27 heavy (non-hydrogen) atoms. The summed E-state index contributed by atoms with van der Waals surface area (Å²) in [6.45, 7) is 4.05. The van der Waals surface area contributed by atoms with Gasteiger partial charge in [-0.25, -0.2) is 0 Å². The number of hydrogen-bond acceptors (Lipinski definition) is 4. The molecule has 1 saturated heterocycles. The van der Waals surface area contributed by atoms with Crippen LogP contribution >= 0.6 is 11.8 Å². The monoisotopic (exact) mass is 377 g/mol. The number of aryl methyl sites for hydroxylation is 1. The van der Waals surface area contributed by atoms with Gasteiger partial charge < -0.3 is 5.32 Å². The van der Waals surface area contributed by atoms with E-state index in [1.807, 2.05) is 67.6 Å². The zero-order valence-electron chi connectivity index (χ0n) is 15.1. The van der Waals surface area contributed by atoms with Crippen LogP contribution in [0.5, 0.6) is 0 Å². The van der Waals surface area contributed by atoms with E-state index in [0.29, 0.717) is 17.3 Å². The molecule has 2 amide bonds. The molecular formula is C21H19N3O2S. The summed E-state index contributed by atoms with van der Waals surface area (Å²) >= 11 is 1.24. The average Bonchev–Trinajstić information content (AvgIpc) is 2.97. The normalized spacial score (nSPS) is 18.2. The van der Waals surface area contributed by atoms with Gasteiger partial charge in [0.1, 0.15) is 16.7 Å². The summed E-state index contributed by atoms with van der Waals surface area (Å²) in [4.78, 5) is 26.8. The number of nitriles is 1. The molecular weight excluding hydrogens is 358 g/mol. The maximum atomic E-state index is 12.7. The van der Waals surface area contributed by atoms with Crippen molar-refractivity contribution in [1.82, 2.24) is 5.32 Å². The fraction of sp³-hybridized carbons (Fsp3) is 0.190. The second kappa shape index (κ2) is 8.11. The van der Waals surface area contributed by atoms with Crippen LogP contribution in [-0.4, -0.2) is 17.1 Å². The lowest BCUT2D eigenvalue weighted by Crippen LogP contribution is -2.30. The molecule has 136 valence electrons. The zero-order valence-corrected chi connectivity index (χ0v) is 15.9. The molecule has 0 aliphatic carbocycles. The Labute approximate surface area is 162 Å². The van der Waals surface area contributed by atoms with E-state index in [2.05, 4.69) is 5.32 Å². The minimum atomic E-state index is -0.483. The number of carbonyl (C=O) groups is 2. The van der Waals surface area contributed by atoms with Gasteiger partial charge >= 0.3 is 0 Å². The first-order valence-corrected chi connectivity index (χ1v) is 9.43. The standard InChI is InChI=1S/C21H19N3O2S/c1-14-8-10-17(11-9-14)24-20(26)15(2)27-21(24)18(12-22)19(25)23-13-16-6-4-3-5-7-16/h3-11,15H,13H2,1-2H3,(H,23,25)/b21-18-/t15-/m1/s1. The molecule has 1 N–H and O–H groups in total. The van der Waals surface area contributed by atoms with Crippen LogP contribution in [0.25, 0.3) is 0 Å². The third-order valence-corrected chi connectivity index (χ3v) is 5.37. The van der Waals surface area contributed by atoms with Gasteiger partial charge in [0.15, 0.2) is 0 Å². The second-order valence-corrected chi connectivity index (χ2v) is 7.56. The number of nitrogens with zero attached hydrogens (tertiary/aromatic N) is 2. The highest BCUT2D eigenvalue weighted by Crippen LogP contribution is 2.40. The molecule has 1 heterocycles. The maximum absolute atomic E-state index is 12.7. The Kier molecular flexibility index (Phi) is 5.63. The molecule has 2 aromatic carbocycles. The molecule has 0 aromatic heterocycles. The van der Waals surface area contributed by atoms with E-state index in [1.54, 1.807) is 6.92 Å². The van der Waals surface area contributed by atoms with E-state index < -0.39 is 5.91 Å². The van der Waals surface area contributed by atoms with Crippen molar-refractivity contribution in [2.75, 3.05) is 4.90 Å².